The first-order chi connectivity index (χ1) is 15.8. The maximum Gasteiger partial charge on any atom is 0.212 e. The number of aromatic nitrogens is 3. The van der Waals surface area contributed by atoms with Gasteiger partial charge in [0.15, 0.2) is 0 Å². The molecule has 162 valence electrons. The summed E-state index contributed by atoms with van der Waals surface area (Å²) in [6.07, 6.45) is 5.87. The second-order valence-electron chi connectivity index (χ2n) is 8.14. The summed E-state index contributed by atoms with van der Waals surface area (Å²) in [7, 11) is 1.60. The SMILES string of the molecule is CON=C1CCC(c2cn[nH]c2OCc2ccc(-c3ccc4ccccc4n3)cc2)CC1. The van der Waals surface area contributed by atoms with E-state index in [1.807, 2.05) is 24.4 Å². The molecule has 0 unspecified atom stereocenters. The summed E-state index contributed by atoms with van der Waals surface area (Å²) >= 11 is 0. The lowest BCUT2D eigenvalue weighted by atomic mass is 9.84. The fourth-order valence-corrected chi connectivity index (χ4v) is 4.33. The van der Waals surface area contributed by atoms with Crippen LogP contribution in [-0.2, 0) is 11.4 Å². The quantitative estimate of drug-likeness (QED) is 0.392. The van der Waals surface area contributed by atoms with Crippen molar-refractivity contribution in [1.82, 2.24) is 15.2 Å². The molecule has 1 aliphatic rings. The van der Waals surface area contributed by atoms with Crippen LogP contribution in [0.3, 0.4) is 0 Å². The highest BCUT2D eigenvalue weighted by Crippen LogP contribution is 2.36. The van der Waals surface area contributed by atoms with Crippen LogP contribution in [0.2, 0.25) is 0 Å². The molecule has 0 amide bonds. The predicted molar refractivity (Wildman–Crippen MR) is 126 cm³/mol. The van der Waals surface area contributed by atoms with E-state index in [9.17, 15) is 0 Å². The van der Waals surface area contributed by atoms with Crippen molar-refractivity contribution in [3.8, 4) is 17.1 Å². The topological polar surface area (TPSA) is 72.4 Å². The largest absolute Gasteiger partial charge is 0.473 e. The minimum atomic E-state index is 0.431. The van der Waals surface area contributed by atoms with Gasteiger partial charge in [-0.3, -0.25) is 0 Å². The molecule has 5 rings (SSSR count). The number of hydrogen-bond donors (Lipinski definition) is 1. The molecule has 1 fully saturated rings. The normalized spacial score (nSPS) is 16.2. The summed E-state index contributed by atoms with van der Waals surface area (Å²) in [6.45, 7) is 0.490. The van der Waals surface area contributed by atoms with E-state index in [-0.39, 0.29) is 0 Å². The standard InChI is InChI=1S/C26H26N4O2/c1-31-30-22-13-10-19(11-14-22)23-16-27-29-26(23)32-17-18-6-8-21(9-7-18)25-15-12-20-4-2-3-5-24(20)28-25/h2-9,12,15-16,19H,10-11,13-14,17H2,1H3,(H,27,29). The van der Waals surface area contributed by atoms with Crippen molar-refractivity contribution >= 4 is 16.6 Å². The van der Waals surface area contributed by atoms with E-state index >= 15 is 0 Å². The fourth-order valence-electron chi connectivity index (χ4n) is 4.33. The van der Waals surface area contributed by atoms with Crippen LogP contribution in [0.5, 0.6) is 5.88 Å². The Morgan fingerprint density at radius 1 is 1.00 bits per heavy atom. The molecule has 1 aliphatic carbocycles. The van der Waals surface area contributed by atoms with E-state index in [0.29, 0.717) is 12.5 Å². The van der Waals surface area contributed by atoms with Crippen LogP contribution >= 0.6 is 0 Å². The zero-order valence-electron chi connectivity index (χ0n) is 18.1. The number of ether oxygens (including phenoxy) is 1. The van der Waals surface area contributed by atoms with E-state index in [1.165, 1.54) is 0 Å². The van der Waals surface area contributed by atoms with Crippen LogP contribution in [0.4, 0.5) is 0 Å². The van der Waals surface area contributed by atoms with Crippen LogP contribution in [0.25, 0.3) is 22.2 Å². The number of benzene rings is 2. The molecular formula is C26H26N4O2. The second kappa shape index (κ2) is 9.22. The van der Waals surface area contributed by atoms with E-state index in [0.717, 1.165) is 70.6 Å². The minimum Gasteiger partial charge on any atom is -0.473 e. The number of para-hydroxylation sites is 1. The van der Waals surface area contributed by atoms with Gasteiger partial charge in [-0.1, -0.05) is 53.7 Å². The molecule has 6 heteroatoms. The van der Waals surface area contributed by atoms with Crippen LogP contribution in [-0.4, -0.2) is 28.0 Å². The smallest absolute Gasteiger partial charge is 0.212 e. The summed E-state index contributed by atoms with van der Waals surface area (Å²) < 4.78 is 6.11. The molecule has 0 atom stereocenters. The van der Waals surface area contributed by atoms with Crippen LogP contribution in [0.15, 0.2) is 72.0 Å². The van der Waals surface area contributed by atoms with Gasteiger partial charge in [-0.15, -0.1) is 0 Å². The molecule has 1 N–H and O–H groups in total. The lowest BCUT2D eigenvalue weighted by molar-refractivity contribution is 0.210. The summed E-state index contributed by atoms with van der Waals surface area (Å²) in [5.41, 5.74) is 6.47. The number of fused-ring (bicyclic) bond motifs is 1. The fraction of sp³-hybridized carbons (Fsp3) is 0.269. The molecular weight excluding hydrogens is 400 g/mol. The molecule has 2 heterocycles. The van der Waals surface area contributed by atoms with Crippen molar-refractivity contribution in [1.29, 1.82) is 0 Å². The zero-order chi connectivity index (χ0) is 21.8. The molecule has 0 spiro atoms. The Kier molecular flexibility index (Phi) is 5.83. The summed E-state index contributed by atoms with van der Waals surface area (Å²) in [6, 6.07) is 20.7. The van der Waals surface area contributed by atoms with Crippen molar-refractivity contribution in [3.05, 3.63) is 78.0 Å². The number of hydrogen-bond acceptors (Lipinski definition) is 5. The van der Waals surface area contributed by atoms with Crippen LogP contribution in [0.1, 0.15) is 42.7 Å². The number of nitrogens with zero attached hydrogens (tertiary/aromatic N) is 3. The van der Waals surface area contributed by atoms with Crippen LogP contribution < -0.4 is 4.74 Å². The number of rotatable bonds is 6. The Bertz CT molecular complexity index is 1220. The summed E-state index contributed by atoms with van der Waals surface area (Å²) in [4.78, 5) is 9.70. The third-order valence-electron chi connectivity index (χ3n) is 6.09. The first-order valence-electron chi connectivity index (χ1n) is 11.0. The van der Waals surface area contributed by atoms with Gasteiger partial charge >= 0.3 is 0 Å². The number of aromatic amines is 1. The molecule has 0 radical (unpaired) electrons. The summed E-state index contributed by atoms with van der Waals surface area (Å²) in [5.74, 6) is 1.20. The van der Waals surface area contributed by atoms with Gasteiger partial charge in [0.2, 0.25) is 5.88 Å². The molecule has 0 aliphatic heterocycles. The Labute approximate surface area is 187 Å². The number of oxime groups is 1. The third-order valence-corrected chi connectivity index (χ3v) is 6.09. The van der Waals surface area contributed by atoms with E-state index < -0.39 is 0 Å². The molecule has 4 aromatic rings. The van der Waals surface area contributed by atoms with Crippen molar-refractivity contribution in [2.75, 3.05) is 7.11 Å². The van der Waals surface area contributed by atoms with Crippen molar-refractivity contribution in [2.45, 2.75) is 38.2 Å². The highest BCUT2D eigenvalue weighted by molar-refractivity contribution is 5.85. The van der Waals surface area contributed by atoms with E-state index in [4.69, 9.17) is 14.6 Å². The molecule has 6 nitrogen and oxygen atoms in total. The zero-order valence-corrected chi connectivity index (χ0v) is 18.1. The van der Waals surface area contributed by atoms with Gasteiger partial charge in [0.1, 0.15) is 13.7 Å². The Balaban J connectivity index is 1.23. The molecule has 1 saturated carbocycles. The predicted octanol–water partition coefficient (Wildman–Crippen LogP) is 5.86. The van der Waals surface area contributed by atoms with Gasteiger partial charge in [0, 0.05) is 16.5 Å². The van der Waals surface area contributed by atoms with Crippen molar-refractivity contribution in [3.63, 3.8) is 0 Å². The molecule has 32 heavy (non-hydrogen) atoms. The van der Waals surface area contributed by atoms with Gasteiger partial charge in [-0.25, -0.2) is 10.1 Å². The van der Waals surface area contributed by atoms with Gasteiger partial charge in [-0.2, -0.15) is 5.10 Å². The maximum atomic E-state index is 6.11. The monoisotopic (exact) mass is 426 g/mol. The third kappa shape index (κ3) is 4.35. The average molecular weight is 427 g/mol. The Morgan fingerprint density at radius 3 is 2.62 bits per heavy atom. The van der Waals surface area contributed by atoms with Crippen LogP contribution in [0, 0.1) is 0 Å². The number of H-pyrrole nitrogens is 1. The molecule has 2 aromatic heterocycles. The second-order valence-corrected chi connectivity index (χ2v) is 8.14. The molecule has 0 saturated heterocycles. The van der Waals surface area contributed by atoms with E-state index in [2.05, 4.69) is 57.8 Å². The lowest BCUT2D eigenvalue weighted by Gasteiger charge is -2.22. The van der Waals surface area contributed by atoms with Crippen molar-refractivity contribution in [2.24, 2.45) is 5.16 Å². The molecule has 2 aromatic carbocycles. The van der Waals surface area contributed by atoms with Gasteiger partial charge in [-0.05, 0) is 49.3 Å². The Morgan fingerprint density at radius 2 is 1.81 bits per heavy atom. The van der Waals surface area contributed by atoms with Gasteiger partial charge < -0.3 is 9.57 Å². The number of pyridine rings is 1. The summed E-state index contributed by atoms with van der Waals surface area (Å²) in [5, 5.41) is 12.5. The lowest BCUT2D eigenvalue weighted by Crippen LogP contribution is -2.13. The molecule has 0 bridgehead atoms. The number of nitrogens with one attached hydrogen (secondary N) is 1. The van der Waals surface area contributed by atoms with E-state index in [1.54, 1.807) is 7.11 Å². The first-order valence-corrected chi connectivity index (χ1v) is 11.0. The highest BCUT2D eigenvalue weighted by Gasteiger charge is 2.24. The van der Waals surface area contributed by atoms with Gasteiger partial charge in [0.05, 0.1) is 23.1 Å². The average Bonchev–Trinajstić information content (AvgIpc) is 3.32. The maximum absolute atomic E-state index is 6.11. The Hall–Kier alpha value is -3.67. The van der Waals surface area contributed by atoms with Crippen molar-refractivity contribution < 1.29 is 9.57 Å². The first kappa shape index (κ1) is 20.2. The highest BCUT2D eigenvalue weighted by atomic mass is 16.6. The van der Waals surface area contributed by atoms with Gasteiger partial charge in [0.25, 0.3) is 0 Å². The minimum absolute atomic E-state index is 0.431.